The van der Waals surface area contributed by atoms with Crippen molar-refractivity contribution in [1.29, 1.82) is 0 Å². The van der Waals surface area contributed by atoms with Gasteiger partial charge in [-0.2, -0.15) is 0 Å². The Morgan fingerprint density at radius 2 is 2.07 bits per heavy atom. The first-order valence-electron chi connectivity index (χ1n) is 5.48. The molecule has 1 aromatic carbocycles. The summed E-state index contributed by atoms with van der Waals surface area (Å²) in [7, 11) is 0. The van der Waals surface area contributed by atoms with Gasteiger partial charge in [-0.15, -0.1) is 11.6 Å². The molecular weight excluding hydrogens is 227 g/mol. The van der Waals surface area contributed by atoms with Crippen LogP contribution in [0.4, 0.5) is 0 Å². The van der Waals surface area contributed by atoms with Gasteiger partial charge in [-0.1, -0.05) is 37.1 Å². The molecule has 0 aromatic heterocycles. The van der Waals surface area contributed by atoms with Crippen LogP contribution in [0.15, 0.2) is 18.2 Å². The molecule has 0 nitrogen and oxygen atoms in total. The molecule has 0 heterocycles. The lowest BCUT2D eigenvalue weighted by atomic mass is 9.96. The highest BCUT2D eigenvalue weighted by molar-refractivity contribution is 6.31. The van der Waals surface area contributed by atoms with Crippen molar-refractivity contribution in [2.24, 2.45) is 5.92 Å². The van der Waals surface area contributed by atoms with Gasteiger partial charge in [-0.25, -0.2) is 0 Å². The molecule has 0 aliphatic carbocycles. The van der Waals surface area contributed by atoms with Crippen LogP contribution < -0.4 is 0 Å². The summed E-state index contributed by atoms with van der Waals surface area (Å²) < 4.78 is 0. The summed E-state index contributed by atoms with van der Waals surface area (Å²) in [6.07, 6.45) is 3.35. The Bertz CT molecular complexity index is 307. The number of aryl methyl sites for hydroxylation is 1. The maximum atomic E-state index is 6.19. The normalized spacial score (nSPS) is 12.8. The molecule has 1 aromatic rings. The number of hydrogen-bond donors (Lipinski definition) is 0. The summed E-state index contributed by atoms with van der Waals surface area (Å²) in [5.74, 6) is 1.27. The number of halogens is 2. The average Bonchev–Trinajstić information content (AvgIpc) is 2.21. The molecule has 0 aliphatic rings. The first-order valence-corrected chi connectivity index (χ1v) is 6.39. The molecular formula is C13H18Cl2. The van der Waals surface area contributed by atoms with Crippen molar-refractivity contribution in [3.63, 3.8) is 0 Å². The van der Waals surface area contributed by atoms with Crippen LogP contribution in [0.5, 0.6) is 0 Å². The van der Waals surface area contributed by atoms with E-state index < -0.39 is 0 Å². The molecule has 2 heteroatoms. The predicted molar refractivity (Wildman–Crippen MR) is 69.0 cm³/mol. The third kappa shape index (κ3) is 4.04. The van der Waals surface area contributed by atoms with Gasteiger partial charge in [0, 0.05) is 10.9 Å². The van der Waals surface area contributed by atoms with Gasteiger partial charge in [-0.3, -0.25) is 0 Å². The van der Waals surface area contributed by atoms with Gasteiger partial charge in [0.05, 0.1) is 0 Å². The van der Waals surface area contributed by atoms with Gasteiger partial charge in [0.1, 0.15) is 0 Å². The Morgan fingerprint density at radius 3 is 2.60 bits per heavy atom. The first-order chi connectivity index (χ1) is 7.17. The minimum absolute atomic E-state index is 0.553. The second kappa shape index (κ2) is 6.40. The summed E-state index contributed by atoms with van der Waals surface area (Å²) in [5.41, 5.74) is 2.43. The van der Waals surface area contributed by atoms with Crippen LogP contribution in [-0.2, 0) is 6.42 Å². The molecule has 0 saturated heterocycles. The Kier molecular flexibility index (Phi) is 5.49. The zero-order chi connectivity index (χ0) is 11.3. The summed E-state index contributed by atoms with van der Waals surface area (Å²) >= 11 is 12.1. The fourth-order valence-electron chi connectivity index (χ4n) is 1.77. The lowest BCUT2D eigenvalue weighted by Crippen LogP contribution is -2.06. The monoisotopic (exact) mass is 244 g/mol. The van der Waals surface area contributed by atoms with E-state index in [0.717, 1.165) is 17.3 Å². The first kappa shape index (κ1) is 12.9. The lowest BCUT2D eigenvalue weighted by Gasteiger charge is -2.13. The second-order valence-corrected chi connectivity index (χ2v) is 4.82. The van der Waals surface area contributed by atoms with Gasteiger partial charge in [-0.05, 0) is 42.9 Å². The minimum atomic E-state index is 0.553. The molecule has 0 bridgehead atoms. The van der Waals surface area contributed by atoms with Gasteiger partial charge >= 0.3 is 0 Å². The van der Waals surface area contributed by atoms with Crippen LogP contribution in [0.25, 0.3) is 0 Å². The van der Waals surface area contributed by atoms with E-state index in [1.54, 1.807) is 0 Å². The van der Waals surface area contributed by atoms with E-state index in [4.69, 9.17) is 23.2 Å². The fraction of sp³-hybridized carbons (Fsp3) is 0.538. The Labute approximate surface area is 103 Å². The third-order valence-corrected chi connectivity index (χ3v) is 3.42. The quantitative estimate of drug-likeness (QED) is 0.651. The second-order valence-electron chi connectivity index (χ2n) is 4.11. The van der Waals surface area contributed by atoms with Crippen LogP contribution in [0.2, 0.25) is 5.02 Å². The maximum Gasteiger partial charge on any atom is 0.0440 e. The van der Waals surface area contributed by atoms with E-state index >= 15 is 0 Å². The molecule has 1 rings (SSSR count). The molecule has 0 radical (unpaired) electrons. The number of benzene rings is 1. The Balaban J connectivity index is 2.70. The number of hydrogen-bond acceptors (Lipinski definition) is 0. The van der Waals surface area contributed by atoms with E-state index in [2.05, 4.69) is 26.0 Å². The summed E-state index contributed by atoms with van der Waals surface area (Å²) in [5, 5.41) is 0.876. The van der Waals surface area contributed by atoms with Gasteiger partial charge < -0.3 is 0 Å². The van der Waals surface area contributed by atoms with Crippen LogP contribution in [0.1, 0.15) is 30.9 Å². The van der Waals surface area contributed by atoms with Crippen molar-refractivity contribution >= 4 is 23.2 Å². The SMILES string of the molecule is CCCC(CCl)Cc1ccc(C)cc1Cl. The smallest absolute Gasteiger partial charge is 0.0440 e. The summed E-state index contributed by atoms with van der Waals surface area (Å²) in [4.78, 5) is 0. The zero-order valence-electron chi connectivity index (χ0n) is 9.39. The van der Waals surface area contributed by atoms with Gasteiger partial charge in [0.15, 0.2) is 0 Å². The van der Waals surface area contributed by atoms with Crippen molar-refractivity contribution < 1.29 is 0 Å². The average molecular weight is 245 g/mol. The molecule has 0 aliphatic heterocycles. The molecule has 0 N–H and O–H groups in total. The van der Waals surface area contributed by atoms with E-state index in [1.165, 1.54) is 24.0 Å². The molecule has 1 unspecified atom stereocenters. The van der Waals surface area contributed by atoms with Gasteiger partial charge in [0.25, 0.3) is 0 Å². The summed E-state index contributed by atoms with van der Waals surface area (Å²) in [6.45, 7) is 4.25. The number of alkyl halides is 1. The van der Waals surface area contributed by atoms with Crippen molar-refractivity contribution in [3.8, 4) is 0 Å². The lowest BCUT2D eigenvalue weighted by molar-refractivity contribution is 0.528. The third-order valence-electron chi connectivity index (χ3n) is 2.63. The van der Waals surface area contributed by atoms with Gasteiger partial charge in [0.2, 0.25) is 0 Å². The minimum Gasteiger partial charge on any atom is -0.126 e. The largest absolute Gasteiger partial charge is 0.126 e. The van der Waals surface area contributed by atoms with Crippen molar-refractivity contribution in [3.05, 3.63) is 34.3 Å². The van der Waals surface area contributed by atoms with E-state index in [9.17, 15) is 0 Å². The highest BCUT2D eigenvalue weighted by Crippen LogP contribution is 2.23. The van der Waals surface area contributed by atoms with Crippen LogP contribution in [0, 0.1) is 12.8 Å². The van der Waals surface area contributed by atoms with Crippen LogP contribution in [-0.4, -0.2) is 5.88 Å². The Morgan fingerprint density at radius 1 is 1.33 bits per heavy atom. The van der Waals surface area contributed by atoms with Crippen molar-refractivity contribution in [2.75, 3.05) is 5.88 Å². The highest BCUT2D eigenvalue weighted by Gasteiger charge is 2.09. The van der Waals surface area contributed by atoms with E-state index in [-0.39, 0.29) is 0 Å². The molecule has 84 valence electrons. The predicted octanol–water partition coefficient (Wildman–Crippen LogP) is 4.85. The van der Waals surface area contributed by atoms with Crippen LogP contribution >= 0.6 is 23.2 Å². The van der Waals surface area contributed by atoms with Crippen molar-refractivity contribution in [2.45, 2.75) is 33.1 Å². The maximum absolute atomic E-state index is 6.19. The molecule has 0 fully saturated rings. The molecule has 0 amide bonds. The number of rotatable bonds is 5. The topological polar surface area (TPSA) is 0 Å². The summed E-state index contributed by atoms with van der Waals surface area (Å²) in [6, 6.07) is 6.25. The molecule has 0 spiro atoms. The molecule has 1 atom stereocenters. The van der Waals surface area contributed by atoms with E-state index in [0.29, 0.717) is 5.92 Å². The molecule has 0 saturated carbocycles. The fourth-order valence-corrected chi connectivity index (χ4v) is 2.35. The molecule has 15 heavy (non-hydrogen) atoms. The van der Waals surface area contributed by atoms with E-state index in [1.807, 2.05) is 6.07 Å². The highest BCUT2D eigenvalue weighted by atomic mass is 35.5. The van der Waals surface area contributed by atoms with Crippen LogP contribution in [0.3, 0.4) is 0 Å². The zero-order valence-corrected chi connectivity index (χ0v) is 10.9. The standard InChI is InChI=1S/C13H18Cl2/c1-3-4-11(9-14)8-12-6-5-10(2)7-13(12)15/h5-7,11H,3-4,8-9H2,1-2H3. The Hall–Kier alpha value is -0.200. The van der Waals surface area contributed by atoms with Crippen molar-refractivity contribution in [1.82, 2.24) is 0 Å².